The van der Waals surface area contributed by atoms with Gasteiger partial charge in [0.25, 0.3) is 0 Å². The molecule has 2 aromatic rings. The summed E-state index contributed by atoms with van der Waals surface area (Å²) in [5.74, 6) is -4.01. The van der Waals surface area contributed by atoms with Crippen LogP contribution in [0.5, 0.6) is 0 Å². The fourth-order valence-corrected chi connectivity index (χ4v) is 4.74. The van der Waals surface area contributed by atoms with Crippen LogP contribution in [-0.2, 0) is 10.3 Å². The normalized spacial score (nSPS) is 26.3. The summed E-state index contributed by atoms with van der Waals surface area (Å²) >= 11 is 11.9. The van der Waals surface area contributed by atoms with Crippen molar-refractivity contribution in [3.05, 3.63) is 69.2 Å². The summed E-state index contributed by atoms with van der Waals surface area (Å²) in [7, 11) is 0. The minimum atomic E-state index is -1.68. The molecule has 1 fully saturated rings. The Labute approximate surface area is 189 Å². The molecule has 9 heteroatoms. The topological polar surface area (TPSA) is 95.6 Å². The zero-order valence-electron chi connectivity index (χ0n) is 17.0. The maximum Gasteiger partial charge on any atom is 0.321 e. The number of carboxylic acids is 1. The van der Waals surface area contributed by atoms with Crippen LogP contribution in [0.4, 0.5) is 8.78 Å². The second-order valence-electron chi connectivity index (χ2n) is 8.74. The van der Waals surface area contributed by atoms with Crippen LogP contribution in [0.1, 0.15) is 37.3 Å². The van der Waals surface area contributed by atoms with Crippen LogP contribution in [-0.4, -0.2) is 34.9 Å². The van der Waals surface area contributed by atoms with Crippen molar-refractivity contribution < 1.29 is 23.8 Å². The molecule has 168 valence electrons. The van der Waals surface area contributed by atoms with Crippen molar-refractivity contribution in [3.63, 3.8) is 0 Å². The zero-order chi connectivity index (χ0) is 23.1. The van der Waals surface area contributed by atoms with Crippen molar-refractivity contribution in [2.24, 2.45) is 11.1 Å². The first-order valence-corrected chi connectivity index (χ1v) is 10.5. The van der Waals surface area contributed by atoms with Crippen LogP contribution in [0, 0.1) is 17.0 Å². The van der Waals surface area contributed by atoms with E-state index in [1.54, 1.807) is 13.8 Å². The fourth-order valence-electron chi connectivity index (χ4n) is 4.40. The molecule has 1 aliphatic rings. The highest BCUT2D eigenvalue weighted by molar-refractivity contribution is 6.31. The number of nitrogens with one attached hydrogen (secondary N) is 1. The van der Waals surface area contributed by atoms with Gasteiger partial charge in [0, 0.05) is 29.2 Å². The molecule has 0 amide bonds. The number of aliphatic hydroxyl groups is 1. The molecule has 0 aromatic heterocycles. The van der Waals surface area contributed by atoms with Crippen molar-refractivity contribution in [2.45, 2.75) is 43.8 Å². The van der Waals surface area contributed by atoms with Gasteiger partial charge < -0.3 is 15.9 Å². The number of rotatable bonds is 6. The molecule has 0 bridgehead atoms. The highest BCUT2D eigenvalue weighted by atomic mass is 35.5. The van der Waals surface area contributed by atoms with E-state index in [2.05, 4.69) is 5.32 Å². The molecule has 5 N–H and O–H groups in total. The van der Waals surface area contributed by atoms with Crippen LogP contribution >= 0.6 is 23.2 Å². The first-order chi connectivity index (χ1) is 14.4. The predicted octanol–water partition coefficient (Wildman–Crippen LogP) is 4.04. The van der Waals surface area contributed by atoms with Gasteiger partial charge in [-0.05, 0) is 35.6 Å². The standard InChI is InChI=1S/C22H24Cl2F2N2O3/c1-21(2,10-29)9-16-22(27,13-7-6-11(23)8-15(13)25)17(19(28-16)20(30)31)12-4-3-5-14(24)18(12)26/h3-8,16-17,19,28-29H,9-10,27H2,1-2H3,(H,30,31)/t16-,17-,19+,22+/m0/s1. The quantitative estimate of drug-likeness (QED) is 0.508. The number of carboxylic acid groups (broad SMARTS) is 1. The van der Waals surface area contributed by atoms with Crippen LogP contribution in [0.25, 0.3) is 0 Å². The first kappa shape index (κ1) is 23.9. The molecule has 1 heterocycles. The van der Waals surface area contributed by atoms with Gasteiger partial charge in [0.2, 0.25) is 0 Å². The minimum Gasteiger partial charge on any atom is -0.480 e. The third-order valence-corrected chi connectivity index (χ3v) is 6.50. The van der Waals surface area contributed by atoms with Crippen molar-refractivity contribution in [1.82, 2.24) is 5.32 Å². The lowest BCUT2D eigenvalue weighted by atomic mass is 9.68. The number of halogens is 4. The summed E-state index contributed by atoms with van der Waals surface area (Å²) in [6.45, 7) is 3.34. The minimum absolute atomic E-state index is 0.00346. The Morgan fingerprint density at radius 2 is 1.94 bits per heavy atom. The van der Waals surface area contributed by atoms with Gasteiger partial charge in [0.15, 0.2) is 0 Å². The van der Waals surface area contributed by atoms with Gasteiger partial charge >= 0.3 is 5.97 Å². The summed E-state index contributed by atoms with van der Waals surface area (Å²) in [6, 6.07) is 6.01. The highest BCUT2D eigenvalue weighted by Crippen LogP contribution is 2.49. The van der Waals surface area contributed by atoms with E-state index in [1.807, 2.05) is 0 Å². The van der Waals surface area contributed by atoms with E-state index < -0.39 is 46.6 Å². The lowest BCUT2D eigenvalue weighted by Crippen LogP contribution is -2.53. The highest BCUT2D eigenvalue weighted by Gasteiger charge is 2.58. The Hall–Kier alpha value is -1.77. The number of carbonyl (C=O) groups is 1. The van der Waals surface area contributed by atoms with Gasteiger partial charge in [-0.2, -0.15) is 0 Å². The maximum absolute atomic E-state index is 15.1. The van der Waals surface area contributed by atoms with Crippen molar-refractivity contribution in [2.75, 3.05) is 6.61 Å². The lowest BCUT2D eigenvalue weighted by Gasteiger charge is -2.40. The van der Waals surface area contributed by atoms with E-state index in [0.717, 1.165) is 6.07 Å². The van der Waals surface area contributed by atoms with Gasteiger partial charge in [-0.1, -0.05) is 55.2 Å². The Morgan fingerprint density at radius 3 is 2.52 bits per heavy atom. The number of nitrogens with two attached hydrogens (primary N) is 1. The van der Waals surface area contributed by atoms with Gasteiger partial charge in [-0.15, -0.1) is 0 Å². The summed E-state index contributed by atoms with van der Waals surface area (Å²) in [5.41, 5.74) is 4.47. The van der Waals surface area contributed by atoms with Crippen molar-refractivity contribution >= 4 is 29.2 Å². The smallest absolute Gasteiger partial charge is 0.321 e. The molecule has 2 aromatic carbocycles. The predicted molar refractivity (Wildman–Crippen MR) is 115 cm³/mol. The molecule has 31 heavy (non-hydrogen) atoms. The largest absolute Gasteiger partial charge is 0.480 e. The van der Waals surface area contributed by atoms with E-state index >= 15 is 8.78 Å². The molecule has 1 saturated heterocycles. The number of benzene rings is 2. The Morgan fingerprint density at radius 1 is 1.26 bits per heavy atom. The molecule has 1 aliphatic heterocycles. The molecular weight excluding hydrogens is 449 g/mol. The summed E-state index contributed by atoms with van der Waals surface area (Å²) in [6.07, 6.45) is 0.199. The monoisotopic (exact) mass is 472 g/mol. The molecule has 0 saturated carbocycles. The number of hydrogen-bond donors (Lipinski definition) is 4. The molecule has 4 atom stereocenters. The lowest BCUT2D eigenvalue weighted by molar-refractivity contribution is -0.139. The number of aliphatic hydroxyl groups excluding tert-OH is 1. The van der Waals surface area contributed by atoms with Crippen LogP contribution in [0.15, 0.2) is 36.4 Å². The molecule has 5 nitrogen and oxygen atoms in total. The van der Waals surface area contributed by atoms with E-state index in [-0.39, 0.29) is 34.2 Å². The summed E-state index contributed by atoms with van der Waals surface area (Å²) in [4.78, 5) is 12.2. The Bertz CT molecular complexity index is 1000. The van der Waals surface area contributed by atoms with Gasteiger partial charge in [0.05, 0.1) is 10.6 Å². The SMILES string of the molecule is CC(C)(CO)C[C@@H]1N[C@@H](C(=O)O)[C@H](c2cccc(Cl)c2F)[C@@]1(N)c1ccc(Cl)cc1F. The van der Waals surface area contributed by atoms with Crippen LogP contribution in [0.3, 0.4) is 0 Å². The third kappa shape index (κ3) is 4.30. The molecule has 0 spiro atoms. The second kappa shape index (κ2) is 8.64. The van der Waals surface area contributed by atoms with E-state index in [4.69, 9.17) is 28.9 Å². The van der Waals surface area contributed by atoms with Gasteiger partial charge in [0.1, 0.15) is 17.7 Å². The summed E-state index contributed by atoms with van der Waals surface area (Å²) in [5, 5.41) is 22.6. The van der Waals surface area contributed by atoms with E-state index in [1.165, 1.54) is 30.3 Å². The molecular formula is C22H24Cl2F2N2O3. The number of aliphatic carboxylic acids is 1. The van der Waals surface area contributed by atoms with Crippen LogP contribution in [0.2, 0.25) is 10.0 Å². The third-order valence-electron chi connectivity index (χ3n) is 5.97. The Balaban J connectivity index is 2.29. The molecule has 0 unspecified atom stereocenters. The molecule has 0 aliphatic carbocycles. The first-order valence-electron chi connectivity index (χ1n) is 9.70. The van der Waals surface area contributed by atoms with E-state index in [9.17, 15) is 15.0 Å². The van der Waals surface area contributed by atoms with Crippen LogP contribution < -0.4 is 11.1 Å². The average Bonchev–Trinajstić information content (AvgIpc) is 2.97. The van der Waals surface area contributed by atoms with Crippen molar-refractivity contribution in [1.29, 1.82) is 0 Å². The van der Waals surface area contributed by atoms with Crippen molar-refractivity contribution in [3.8, 4) is 0 Å². The zero-order valence-corrected chi connectivity index (χ0v) is 18.5. The molecule has 0 radical (unpaired) electrons. The Kier molecular flexibility index (Phi) is 6.65. The second-order valence-corrected chi connectivity index (χ2v) is 9.58. The average molecular weight is 473 g/mol. The van der Waals surface area contributed by atoms with Gasteiger partial charge in [-0.3, -0.25) is 10.1 Å². The van der Waals surface area contributed by atoms with E-state index in [0.29, 0.717) is 0 Å². The summed E-state index contributed by atoms with van der Waals surface area (Å²) < 4.78 is 30.2. The fraction of sp³-hybridized carbons (Fsp3) is 0.409. The van der Waals surface area contributed by atoms with Gasteiger partial charge in [-0.25, -0.2) is 8.78 Å². The molecule has 3 rings (SSSR count). The maximum atomic E-state index is 15.1. The number of hydrogen-bond acceptors (Lipinski definition) is 4.